The van der Waals surface area contributed by atoms with E-state index in [-0.39, 0.29) is 0 Å². The molecule has 1 aromatic carbocycles. The van der Waals surface area contributed by atoms with Crippen molar-refractivity contribution in [3.8, 4) is 0 Å². The van der Waals surface area contributed by atoms with Gasteiger partial charge in [-0.2, -0.15) is 0 Å². The van der Waals surface area contributed by atoms with Crippen molar-refractivity contribution in [3.63, 3.8) is 0 Å². The maximum atomic E-state index is 5.65. The Morgan fingerprint density at radius 2 is 2.15 bits per heavy atom. The lowest BCUT2D eigenvalue weighted by molar-refractivity contribution is 0.123. The molecular weight excluding hydrogens is 314 g/mol. The summed E-state index contributed by atoms with van der Waals surface area (Å²) in [6, 6.07) is 7.28. The summed E-state index contributed by atoms with van der Waals surface area (Å²) in [7, 11) is 0. The molecule has 2 nitrogen and oxygen atoms in total. The first-order valence-corrected chi connectivity index (χ1v) is 8.53. The van der Waals surface area contributed by atoms with Gasteiger partial charge in [-0.1, -0.05) is 35.8 Å². The molecule has 0 amide bonds. The average Bonchev–Trinajstić information content (AvgIpc) is 2.42. The van der Waals surface area contributed by atoms with Crippen LogP contribution in [0.1, 0.15) is 37.8 Å². The molecule has 20 heavy (non-hydrogen) atoms. The van der Waals surface area contributed by atoms with Gasteiger partial charge in [0.2, 0.25) is 0 Å². The number of halogens is 1. The van der Waals surface area contributed by atoms with E-state index in [1.165, 1.54) is 28.4 Å². The Balaban J connectivity index is 1.65. The molecule has 2 rings (SSSR count). The fraction of sp³-hybridized carbons (Fsp3) is 0.647. The van der Waals surface area contributed by atoms with Gasteiger partial charge in [0.1, 0.15) is 0 Å². The summed E-state index contributed by atoms with van der Waals surface area (Å²) >= 11 is 3.55. The molecule has 0 aromatic heterocycles. The smallest absolute Gasteiger partial charge is 0.0591 e. The second kappa shape index (κ2) is 8.16. The van der Waals surface area contributed by atoms with Gasteiger partial charge < -0.3 is 10.1 Å². The van der Waals surface area contributed by atoms with E-state index in [9.17, 15) is 0 Å². The van der Waals surface area contributed by atoms with Crippen molar-refractivity contribution in [2.75, 3.05) is 19.8 Å². The molecule has 0 aliphatic heterocycles. The Morgan fingerprint density at radius 1 is 1.30 bits per heavy atom. The van der Waals surface area contributed by atoms with E-state index in [2.05, 4.69) is 53.3 Å². The topological polar surface area (TPSA) is 21.3 Å². The maximum absolute atomic E-state index is 5.65. The minimum Gasteiger partial charge on any atom is -0.380 e. The standard InChI is InChI=1S/C17H26BrNO/c1-13(2)7-9-20-10-8-19-17-6-4-14-11-16(18)5-3-15(14)12-17/h3,5,11,13,17,19H,4,6-10,12H2,1-2H3. The van der Waals surface area contributed by atoms with E-state index < -0.39 is 0 Å². The summed E-state index contributed by atoms with van der Waals surface area (Å²) in [6.45, 7) is 7.16. The van der Waals surface area contributed by atoms with Gasteiger partial charge in [-0.05, 0) is 54.9 Å². The molecule has 3 heteroatoms. The first-order valence-electron chi connectivity index (χ1n) is 7.73. The zero-order valence-electron chi connectivity index (χ0n) is 12.6. The normalized spacial score (nSPS) is 18.3. The number of ether oxygens (including phenoxy) is 1. The number of aryl methyl sites for hydroxylation is 1. The largest absolute Gasteiger partial charge is 0.380 e. The van der Waals surface area contributed by atoms with Crippen LogP contribution in [-0.4, -0.2) is 25.8 Å². The average molecular weight is 340 g/mol. The van der Waals surface area contributed by atoms with Crippen LogP contribution in [0, 0.1) is 5.92 Å². The van der Waals surface area contributed by atoms with Gasteiger partial charge in [0.25, 0.3) is 0 Å². The molecule has 1 aliphatic rings. The van der Waals surface area contributed by atoms with Gasteiger partial charge in [-0.15, -0.1) is 0 Å². The minimum absolute atomic E-state index is 0.609. The van der Waals surface area contributed by atoms with Crippen LogP contribution in [0.15, 0.2) is 22.7 Å². The lowest BCUT2D eigenvalue weighted by Gasteiger charge is -2.25. The van der Waals surface area contributed by atoms with Gasteiger partial charge in [0, 0.05) is 23.7 Å². The quantitative estimate of drug-likeness (QED) is 0.759. The third kappa shape index (κ3) is 5.19. The SMILES string of the molecule is CC(C)CCOCCNC1CCc2cc(Br)ccc2C1. The summed E-state index contributed by atoms with van der Waals surface area (Å²) in [5.74, 6) is 0.733. The Labute approximate surface area is 131 Å². The molecule has 1 unspecified atom stereocenters. The van der Waals surface area contributed by atoms with Crippen LogP contribution in [0.4, 0.5) is 0 Å². The van der Waals surface area contributed by atoms with Gasteiger partial charge >= 0.3 is 0 Å². The molecule has 0 bridgehead atoms. The van der Waals surface area contributed by atoms with Crippen LogP contribution < -0.4 is 5.32 Å². The van der Waals surface area contributed by atoms with Crippen molar-refractivity contribution < 1.29 is 4.74 Å². The van der Waals surface area contributed by atoms with Crippen LogP contribution in [0.5, 0.6) is 0 Å². The van der Waals surface area contributed by atoms with Crippen molar-refractivity contribution in [2.24, 2.45) is 5.92 Å². The molecular formula is C17H26BrNO. The van der Waals surface area contributed by atoms with Crippen molar-refractivity contribution in [1.29, 1.82) is 0 Å². The lowest BCUT2D eigenvalue weighted by atomic mass is 9.88. The number of rotatable bonds is 7. The molecule has 1 aromatic rings. The summed E-state index contributed by atoms with van der Waals surface area (Å²) in [6.07, 6.45) is 4.72. The number of hydrogen-bond donors (Lipinski definition) is 1. The van der Waals surface area contributed by atoms with Gasteiger partial charge in [0.05, 0.1) is 6.61 Å². The molecule has 0 saturated heterocycles. The Kier molecular flexibility index (Phi) is 6.53. The predicted molar refractivity (Wildman–Crippen MR) is 88.2 cm³/mol. The summed E-state index contributed by atoms with van der Waals surface area (Å²) in [4.78, 5) is 0. The monoisotopic (exact) mass is 339 g/mol. The van der Waals surface area contributed by atoms with Crippen molar-refractivity contribution in [2.45, 2.75) is 45.6 Å². The fourth-order valence-electron chi connectivity index (χ4n) is 2.65. The van der Waals surface area contributed by atoms with Crippen LogP contribution >= 0.6 is 15.9 Å². The first kappa shape index (κ1) is 16.0. The third-order valence-electron chi connectivity index (χ3n) is 3.92. The highest BCUT2D eigenvalue weighted by molar-refractivity contribution is 9.10. The molecule has 1 aliphatic carbocycles. The maximum Gasteiger partial charge on any atom is 0.0591 e. The Morgan fingerprint density at radius 3 is 2.95 bits per heavy atom. The second-order valence-corrected chi connectivity index (χ2v) is 7.02. The molecule has 0 spiro atoms. The highest BCUT2D eigenvalue weighted by Gasteiger charge is 2.17. The molecule has 0 heterocycles. The zero-order valence-corrected chi connectivity index (χ0v) is 14.2. The predicted octanol–water partition coefficient (Wildman–Crippen LogP) is 3.96. The van der Waals surface area contributed by atoms with Crippen LogP contribution in [0.2, 0.25) is 0 Å². The summed E-state index contributed by atoms with van der Waals surface area (Å²) in [5.41, 5.74) is 3.00. The Bertz CT molecular complexity index is 419. The number of hydrogen-bond acceptors (Lipinski definition) is 2. The number of fused-ring (bicyclic) bond motifs is 1. The van der Waals surface area contributed by atoms with E-state index in [0.29, 0.717) is 6.04 Å². The number of benzene rings is 1. The second-order valence-electron chi connectivity index (χ2n) is 6.10. The highest BCUT2D eigenvalue weighted by Crippen LogP contribution is 2.24. The van der Waals surface area contributed by atoms with E-state index >= 15 is 0 Å². The van der Waals surface area contributed by atoms with Crippen LogP contribution in [0.3, 0.4) is 0 Å². The molecule has 112 valence electrons. The van der Waals surface area contributed by atoms with Crippen LogP contribution in [0.25, 0.3) is 0 Å². The lowest BCUT2D eigenvalue weighted by Crippen LogP contribution is -2.36. The summed E-state index contributed by atoms with van der Waals surface area (Å²) in [5, 5.41) is 3.63. The van der Waals surface area contributed by atoms with Crippen molar-refractivity contribution in [3.05, 3.63) is 33.8 Å². The molecule has 1 atom stereocenters. The Hall–Kier alpha value is -0.380. The van der Waals surface area contributed by atoms with Crippen molar-refractivity contribution in [1.82, 2.24) is 5.32 Å². The third-order valence-corrected chi connectivity index (χ3v) is 4.41. The van der Waals surface area contributed by atoms with Gasteiger partial charge in [-0.3, -0.25) is 0 Å². The number of nitrogens with one attached hydrogen (secondary N) is 1. The molecule has 0 radical (unpaired) electrons. The van der Waals surface area contributed by atoms with E-state index in [1.807, 2.05) is 0 Å². The van der Waals surface area contributed by atoms with E-state index in [1.54, 1.807) is 0 Å². The minimum atomic E-state index is 0.609. The van der Waals surface area contributed by atoms with E-state index in [4.69, 9.17) is 4.74 Å². The highest BCUT2D eigenvalue weighted by atomic mass is 79.9. The van der Waals surface area contributed by atoms with Crippen LogP contribution in [-0.2, 0) is 17.6 Å². The van der Waals surface area contributed by atoms with Gasteiger partial charge in [0.15, 0.2) is 0 Å². The molecule has 1 N–H and O–H groups in total. The summed E-state index contributed by atoms with van der Waals surface area (Å²) < 4.78 is 6.85. The first-order chi connectivity index (χ1) is 9.65. The zero-order chi connectivity index (χ0) is 14.4. The van der Waals surface area contributed by atoms with E-state index in [0.717, 1.165) is 38.5 Å². The van der Waals surface area contributed by atoms with Crippen molar-refractivity contribution >= 4 is 15.9 Å². The molecule has 0 fully saturated rings. The molecule has 0 saturated carbocycles. The van der Waals surface area contributed by atoms with Gasteiger partial charge in [-0.25, -0.2) is 0 Å². The fourth-order valence-corrected chi connectivity index (χ4v) is 3.06.